The molecular formula is C17H25N3O. The summed E-state index contributed by atoms with van der Waals surface area (Å²) in [6.45, 7) is 8.04. The fourth-order valence-corrected chi connectivity index (χ4v) is 2.50. The molecule has 0 radical (unpaired) electrons. The van der Waals surface area contributed by atoms with Gasteiger partial charge in [0.25, 0.3) is 0 Å². The molecule has 2 rings (SSSR count). The highest BCUT2D eigenvalue weighted by Crippen LogP contribution is 2.24. The van der Waals surface area contributed by atoms with Crippen LogP contribution < -0.4 is 10.6 Å². The third-order valence-corrected chi connectivity index (χ3v) is 3.58. The molecule has 0 saturated heterocycles. The van der Waals surface area contributed by atoms with Crippen molar-refractivity contribution in [3.63, 3.8) is 0 Å². The Bertz CT molecular complexity index is 571. The van der Waals surface area contributed by atoms with E-state index in [1.54, 1.807) is 0 Å². The minimum absolute atomic E-state index is 0.635. The maximum absolute atomic E-state index is 5.77. The highest BCUT2D eigenvalue weighted by atomic mass is 16.5. The van der Waals surface area contributed by atoms with Crippen molar-refractivity contribution >= 4 is 16.7 Å². The second-order valence-corrected chi connectivity index (χ2v) is 4.98. The van der Waals surface area contributed by atoms with Crippen LogP contribution in [0.4, 0.5) is 5.82 Å². The molecular weight excluding hydrogens is 262 g/mol. The molecule has 1 heterocycles. The van der Waals surface area contributed by atoms with Crippen molar-refractivity contribution in [1.29, 1.82) is 0 Å². The minimum atomic E-state index is 0.635. The standard InChI is InChI=1S/C17H25N3O/c1-3-20(11-12-21-4-2)17-15(9-10-18)13-14-7-5-6-8-16(14)19-17/h5-8,13H,3-4,9-12,18H2,1-2H3. The summed E-state index contributed by atoms with van der Waals surface area (Å²) in [5.41, 5.74) is 8.01. The lowest BCUT2D eigenvalue weighted by molar-refractivity contribution is 0.154. The molecule has 0 aliphatic rings. The molecule has 114 valence electrons. The van der Waals surface area contributed by atoms with Crippen LogP contribution in [0.5, 0.6) is 0 Å². The van der Waals surface area contributed by atoms with E-state index >= 15 is 0 Å². The summed E-state index contributed by atoms with van der Waals surface area (Å²) in [6.07, 6.45) is 0.846. The van der Waals surface area contributed by atoms with Crippen LogP contribution in [-0.2, 0) is 11.2 Å². The first kappa shape index (κ1) is 15.7. The Kier molecular flexibility index (Phi) is 5.96. The summed E-state index contributed by atoms with van der Waals surface area (Å²) in [4.78, 5) is 7.13. The van der Waals surface area contributed by atoms with Gasteiger partial charge in [0, 0.05) is 25.1 Å². The minimum Gasteiger partial charge on any atom is -0.380 e. The summed E-state index contributed by atoms with van der Waals surface area (Å²) >= 11 is 0. The predicted molar refractivity (Wildman–Crippen MR) is 88.9 cm³/mol. The molecule has 1 aromatic heterocycles. The normalized spacial score (nSPS) is 11.0. The molecule has 0 bridgehead atoms. The molecule has 1 aromatic carbocycles. The van der Waals surface area contributed by atoms with E-state index in [1.807, 2.05) is 19.1 Å². The number of ether oxygens (including phenoxy) is 1. The first-order valence-electron chi connectivity index (χ1n) is 7.71. The van der Waals surface area contributed by atoms with Crippen LogP contribution in [-0.4, -0.2) is 37.8 Å². The summed E-state index contributed by atoms with van der Waals surface area (Å²) < 4.78 is 5.48. The van der Waals surface area contributed by atoms with Crippen LogP contribution >= 0.6 is 0 Å². The van der Waals surface area contributed by atoms with Gasteiger partial charge in [0.2, 0.25) is 0 Å². The number of benzene rings is 1. The van der Waals surface area contributed by atoms with Crippen LogP contribution in [0.25, 0.3) is 10.9 Å². The number of nitrogens with two attached hydrogens (primary N) is 1. The van der Waals surface area contributed by atoms with Crippen molar-refractivity contribution < 1.29 is 4.74 Å². The van der Waals surface area contributed by atoms with Gasteiger partial charge in [0.1, 0.15) is 5.82 Å². The molecule has 0 atom stereocenters. The van der Waals surface area contributed by atoms with Gasteiger partial charge in [-0.05, 0) is 44.5 Å². The van der Waals surface area contributed by atoms with E-state index in [9.17, 15) is 0 Å². The first-order valence-corrected chi connectivity index (χ1v) is 7.71. The fourth-order valence-electron chi connectivity index (χ4n) is 2.50. The quantitative estimate of drug-likeness (QED) is 0.758. The number of fused-ring (bicyclic) bond motifs is 1. The molecule has 21 heavy (non-hydrogen) atoms. The molecule has 4 nitrogen and oxygen atoms in total. The van der Waals surface area contributed by atoms with E-state index in [0.29, 0.717) is 6.54 Å². The third kappa shape index (κ3) is 3.93. The van der Waals surface area contributed by atoms with E-state index < -0.39 is 0 Å². The Morgan fingerprint density at radius 2 is 2.05 bits per heavy atom. The average molecular weight is 287 g/mol. The Morgan fingerprint density at radius 3 is 2.76 bits per heavy atom. The number of para-hydroxylation sites is 1. The first-order chi connectivity index (χ1) is 10.3. The number of nitrogens with zero attached hydrogens (tertiary/aromatic N) is 2. The van der Waals surface area contributed by atoms with Crippen molar-refractivity contribution in [2.75, 3.05) is 37.7 Å². The van der Waals surface area contributed by atoms with Crippen LogP contribution in [0.1, 0.15) is 19.4 Å². The van der Waals surface area contributed by atoms with Crippen molar-refractivity contribution in [3.8, 4) is 0 Å². The predicted octanol–water partition coefficient (Wildman–Crippen LogP) is 2.60. The zero-order chi connectivity index (χ0) is 15.1. The summed E-state index contributed by atoms with van der Waals surface area (Å²) in [5, 5.41) is 1.17. The number of likely N-dealkylation sites (N-methyl/N-ethyl adjacent to an activating group) is 1. The van der Waals surface area contributed by atoms with Crippen molar-refractivity contribution in [3.05, 3.63) is 35.9 Å². The van der Waals surface area contributed by atoms with E-state index in [1.165, 1.54) is 10.9 Å². The third-order valence-electron chi connectivity index (χ3n) is 3.58. The monoisotopic (exact) mass is 287 g/mol. The van der Waals surface area contributed by atoms with Crippen LogP contribution in [0.3, 0.4) is 0 Å². The number of rotatable bonds is 8. The van der Waals surface area contributed by atoms with Gasteiger partial charge in [-0.15, -0.1) is 0 Å². The van der Waals surface area contributed by atoms with Gasteiger partial charge >= 0.3 is 0 Å². The highest BCUT2D eigenvalue weighted by molar-refractivity contribution is 5.81. The number of hydrogen-bond acceptors (Lipinski definition) is 4. The lowest BCUT2D eigenvalue weighted by atomic mass is 10.1. The van der Waals surface area contributed by atoms with Gasteiger partial charge in [-0.1, -0.05) is 18.2 Å². The van der Waals surface area contributed by atoms with E-state index in [4.69, 9.17) is 15.5 Å². The molecule has 0 fully saturated rings. The molecule has 0 aliphatic carbocycles. The van der Waals surface area contributed by atoms with E-state index in [0.717, 1.165) is 44.1 Å². The number of pyridine rings is 1. The molecule has 0 saturated carbocycles. The van der Waals surface area contributed by atoms with Gasteiger partial charge in [-0.3, -0.25) is 0 Å². The molecule has 4 heteroatoms. The molecule has 0 spiro atoms. The number of anilines is 1. The number of hydrogen-bond donors (Lipinski definition) is 1. The molecule has 0 amide bonds. The topological polar surface area (TPSA) is 51.4 Å². The Morgan fingerprint density at radius 1 is 1.24 bits per heavy atom. The summed E-state index contributed by atoms with van der Waals surface area (Å²) in [5.74, 6) is 1.04. The largest absolute Gasteiger partial charge is 0.380 e. The number of aromatic nitrogens is 1. The lowest BCUT2D eigenvalue weighted by Gasteiger charge is -2.25. The molecule has 2 aromatic rings. The van der Waals surface area contributed by atoms with Gasteiger partial charge < -0.3 is 15.4 Å². The highest BCUT2D eigenvalue weighted by Gasteiger charge is 2.12. The van der Waals surface area contributed by atoms with Crippen LogP contribution in [0.15, 0.2) is 30.3 Å². The van der Waals surface area contributed by atoms with E-state index in [2.05, 4.69) is 30.0 Å². The Hall–Kier alpha value is -1.65. The Balaban J connectivity index is 2.35. The SMILES string of the molecule is CCOCCN(CC)c1nc2ccccc2cc1CCN. The zero-order valence-electron chi connectivity index (χ0n) is 13.0. The fraction of sp³-hybridized carbons (Fsp3) is 0.471. The van der Waals surface area contributed by atoms with Gasteiger partial charge in [-0.25, -0.2) is 4.98 Å². The molecule has 0 unspecified atom stereocenters. The van der Waals surface area contributed by atoms with Gasteiger partial charge in [0.15, 0.2) is 0 Å². The second kappa shape index (κ2) is 7.96. The molecule has 0 aliphatic heterocycles. The summed E-state index contributed by atoms with van der Waals surface area (Å²) in [7, 11) is 0. The van der Waals surface area contributed by atoms with E-state index in [-0.39, 0.29) is 0 Å². The van der Waals surface area contributed by atoms with Crippen molar-refractivity contribution in [2.45, 2.75) is 20.3 Å². The van der Waals surface area contributed by atoms with Gasteiger partial charge in [0.05, 0.1) is 12.1 Å². The maximum atomic E-state index is 5.77. The zero-order valence-corrected chi connectivity index (χ0v) is 13.0. The van der Waals surface area contributed by atoms with Crippen molar-refractivity contribution in [1.82, 2.24) is 4.98 Å². The van der Waals surface area contributed by atoms with Crippen LogP contribution in [0, 0.1) is 0 Å². The second-order valence-electron chi connectivity index (χ2n) is 4.98. The molecule has 2 N–H and O–H groups in total. The smallest absolute Gasteiger partial charge is 0.132 e. The summed E-state index contributed by atoms with van der Waals surface area (Å²) in [6, 6.07) is 10.4. The van der Waals surface area contributed by atoms with Crippen LogP contribution in [0.2, 0.25) is 0 Å². The lowest BCUT2D eigenvalue weighted by Crippen LogP contribution is -2.29. The van der Waals surface area contributed by atoms with Crippen molar-refractivity contribution in [2.24, 2.45) is 5.73 Å². The van der Waals surface area contributed by atoms with Gasteiger partial charge in [-0.2, -0.15) is 0 Å². The Labute approximate surface area is 126 Å². The maximum Gasteiger partial charge on any atom is 0.132 e. The average Bonchev–Trinajstić information content (AvgIpc) is 2.52.